The van der Waals surface area contributed by atoms with Gasteiger partial charge in [-0.05, 0) is 23.3 Å². The summed E-state index contributed by atoms with van der Waals surface area (Å²) in [6, 6.07) is 18.5. The second kappa shape index (κ2) is 7.39. The third-order valence-corrected chi connectivity index (χ3v) is 2.80. The van der Waals surface area contributed by atoms with E-state index < -0.39 is 0 Å². The fourth-order valence-electron chi connectivity index (χ4n) is 1.82. The molecule has 0 bridgehead atoms. The van der Waals surface area contributed by atoms with E-state index in [0.29, 0.717) is 6.61 Å². The van der Waals surface area contributed by atoms with Crippen LogP contribution in [0, 0.1) is 0 Å². The van der Waals surface area contributed by atoms with Gasteiger partial charge in [0, 0.05) is 13.1 Å². The molecule has 0 aliphatic heterocycles. The van der Waals surface area contributed by atoms with Crippen LogP contribution in [0.1, 0.15) is 0 Å². The highest BCUT2D eigenvalue weighted by Crippen LogP contribution is 2.21. The van der Waals surface area contributed by atoms with E-state index in [4.69, 9.17) is 4.74 Å². The summed E-state index contributed by atoms with van der Waals surface area (Å²) in [7, 11) is 0. The minimum Gasteiger partial charge on any atom is -0.492 e. The highest BCUT2D eigenvalue weighted by Gasteiger charge is 1.97. The van der Waals surface area contributed by atoms with E-state index in [9.17, 15) is 0 Å². The smallest absolute Gasteiger partial charge is 0.119 e. The van der Waals surface area contributed by atoms with Crippen molar-refractivity contribution in [2.75, 3.05) is 19.7 Å². The summed E-state index contributed by atoms with van der Waals surface area (Å²) in [6.07, 6.45) is 1.84. The lowest BCUT2D eigenvalue weighted by molar-refractivity contribution is 0.316. The molecule has 0 aliphatic rings. The average molecular weight is 253 g/mol. The average Bonchev–Trinajstić information content (AvgIpc) is 2.49. The van der Waals surface area contributed by atoms with Gasteiger partial charge in [0.2, 0.25) is 0 Å². The molecule has 0 fully saturated rings. The molecule has 0 amide bonds. The van der Waals surface area contributed by atoms with Gasteiger partial charge >= 0.3 is 0 Å². The molecule has 0 aliphatic carbocycles. The van der Waals surface area contributed by atoms with Gasteiger partial charge in [-0.1, -0.05) is 48.5 Å². The molecule has 2 aromatic carbocycles. The zero-order chi connectivity index (χ0) is 13.3. The molecule has 0 aromatic heterocycles. The Bertz CT molecular complexity index is 490. The quantitative estimate of drug-likeness (QED) is 0.602. The summed E-state index contributed by atoms with van der Waals surface area (Å²) in [5.74, 6) is 0.903. The molecule has 0 heterocycles. The van der Waals surface area contributed by atoms with Crippen molar-refractivity contribution >= 4 is 0 Å². The second-order valence-corrected chi connectivity index (χ2v) is 4.23. The molecule has 2 rings (SSSR count). The lowest BCUT2D eigenvalue weighted by Crippen LogP contribution is -2.20. The maximum atomic E-state index is 5.65. The Morgan fingerprint density at radius 2 is 1.63 bits per heavy atom. The number of benzene rings is 2. The number of rotatable bonds is 7. The van der Waals surface area contributed by atoms with Crippen molar-refractivity contribution < 1.29 is 4.74 Å². The van der Waals surface area contributed by atoms with Gasteiger partial charge in [-0.25, -0.2) is 0 Å². The van der Waals surface area contributed by atoms with E-state index in [2.05, 4.69) is 36.2 Å². The summed E-state index contributed by atoms with van der Waals surface area (Å²) >= 11 is 0. The van der Waals surface area contributed by atoms with Crippen LogP contribution >= 0.6 is 0 Å². The first-order valence-electron chi connectivity index (χ1n) is 6.50. The van der Waals surface area contributed by atoms with Crippen LogP contribution in [0.5, 0.6) is 5.75 Å². The normalized spacial score (nSPS) is 10.1. The molecule has 0 radical (unpaired) electrons. The van der Waals surface area contributed by atoms with Gasteiger partial charge in [-0.3, -0.25) is 0 Å². The van der Waals surface area contributed by atoms with Crippen LogP contribution in [0.4, 0.5) is 0 Å². The minimum absolute atomic E-state index is 0.665. The van der Waals surface area contributed by atoms with Gasteiger partial charge < -0.3 is 10.1 Å². The first-order valence-corrected chi connectivity index (χ1v) is 6.50. The zero-order valence-electron chi connectivity index (χ0n) is 11.0. The van der Waals surface area contributed by atoms with E-state index in [0.717, 1.165) is 18.8 Å². The van der Waals surface area contributed by atoms with Crippen LogP contribution in [-0.4, -0.2) is 19.7 Å². The van der Waals surface area contributed by atoms with Gasteiger partial charge in [0.1, 0.15) is 12.4 Å². The zero-order valence-corrected chi connectivity index (χ0v) is 11.0. The lowest BCUT2D eigenvalue weighted by Gasteiger charge is -2.07. The molecule has 2 aromatic rings. The lowest BCUT2D eigenvalue weighted by atomic mass is 10.1. The maximum absolute atomic E-state index is 5.65. The summed E-state index contributed by atoms with van der Waals surface area (Å²) < 4.78 is 5.65. The number of hydrogen-bond acceptors (Lipinski definition) is 2. The number of ether oxygens (including phenoxy) is 1. The Kier molecular flexibility index (Phi) is 5.20. The van der Waals surface area contributed by atoms with E-state index >= 15 is 0 Å². The van der Waals surface area contributed by atoms with Crippen LogP contribution in [0.2, 0.25) is 0 Å². The Morgan fingerprint density at radius 3 is 2.32 bits per heavy atom. The molecule has 0 unspecified atom stereocenters. The monoisotopic (exact) mass is 253 g/mol. The van der Waals surface area contributed by atoms with Crippen LogP contribution in [0.3, 0.4) is 0 Å². The Hall–Kier alpha value is -2.06. The molecule has 98 valence electrons. The van der Waals surface area contributed by atoms with Crippen molar-refractivity contribution in [2.45, 2.75) is 0 Å². The van der Waals surface area contributed by atoms with Gasteiger partial charge in [0.25, 0.3) is 0 Å². The summed E-state index contributed by atoms with van der Waals surface area (Å²) in [5.41, 5.74) is 2.43. The van der Waals surface area contributed by atoms with Crippen molar-refractivity contribution in [3.05, 3.63) is 67.3 Å². The first-order chi connectivity index (χ1) is 9.40. The number of nitrogens with one attached hydrogen (secondary N) is 1. The number of hydrogen-bond donors (Lipinski definition) is 1. The topological polar surface area (TPSA) is 21.3 Å². The Balaban J connectivity index is 1.87. The van der Waals surface area contributed by atoms with Crippen molar-refractivity contribution in [1.82, 2.24) is 5.32 Å². The summed E-state index contributed by atoms with van der Waals surface area (Å²) in [5, 5.41) is 3.20. The van der Waals surface area contributed by atoms with Gasteiger partial charge in [0.15, 0.2) is 0 Å². The third-order valence-electron chi connectivity index (χ3n) is 2.80. The molecule has 0 spiro atoms. The predicted octanol–water partition coefficient (Wildman–Crippen LogP) is 3.51. The van der Waals surface area contributed by atoms with Crippen LogP contribution in [0.25, 0.3) is 11.1 Å². The largest absolute Gasteiger partial charge is 0.492 e. The molecule has 0 saturated heterocycles. The molecule has 0 atom stereocenters. The van der Waals surface area contributed by atoms with Crippen molar-refractivity contribution in [1.29, 1.82) is 0 Å². The molecular weight excluding hydrogens is 234 g/mol. The van der Waals surface area contributed by atoms with Crippen LogP contribution in [0.15, 0.2) is 67.3 Å². The molecule has 2 heteroatoms. The molecule has 0 saturated carbocycles. The third kappa shape index (κ3) is 4.27. The van der Waals surface area contributed by atoms with E-state index in [-0.39, 0.29) is 0 Å². The molecule has 2 nitrogen and oxygen atoms in total. The second-order valence-electron chi connectivity index (χ2n) is 4.23. The Morgan fingerprint density at radius 1 is 0.947 bits per heavy atom. The van der Waals surface area contributed by atoms with Crippen LogP contribution < -0.4 is 10.1 Å². The molecule has 1 N–H and O–H groups in total. The summed E-state index contributed by atoms with van der Waals surface area (Å²) in [4.78, 5) is 0. The van der Waals surface area contributed by atoms with Crippen molar-refractivity contribution in [3.63, 3.8) is 0 Å². The van der Waals surface area contributed by atoms with E-state index in [1.807, 2.05) is 36.4 Å². The fraction of sp³-hybridized carbons (Fsp3) is 0.176. The van der Waals surface area contributed by atoms with Crippen LogP contribution in [-0.2, 0) is 0 Å². The van der Waals surface area contributed by atoms with E-state index in [1.165, 1.54) is 11.1 Å². The highest BCUT2D eigenvalue weighted by atomic mass is 16.5. The van der Waals surface area contributed by atoms with Crippen molar-refractivity contribution in [3.8, 4) is 16.9 Å². The molecule has 19 heavy (non-hydrogen) atoms. The van der Waals surface area contributed by atoms with Gasteiger partial charge in [0.05, 0.1) is 0 Å². The standard InChI is InChI=1S/C17H19NO/c1-2-12-18-13-14-19-17-10-8-16(9-11-17)15-6-4-3-5-7-15/h2-11,18H,1,12-14H2. The maximum Gasteiger partial charge on any atom is 0.119 e. The SMILES string of the molecule is C=CCNCCOc1ccc(-c2ccccc2)cc1. The summed E-state index contributed by atoms with van der Waals surface area (Å²) in [6.45, 7) is 5.96. The van der Waals surface area contributed by atoms with Gasteiger partial charge in [-0.2, -0.15) is 0 Å². The fourth-order valence-corrected chi connectivity index (χ4v) is 1.82. The minimum atomic E-state index is 0.665. The van der Waals surface area contributed by atoms with E-state index in [1.54, 1.807) is 0 Å². The highest BCUT2D eigenvalue weighted by molar-refractivity contribution is 5.63. The Labute approximate surface area is 114 Å². The molecular formula is C17H19NO. The van der Waals surface area contributed by atoms with Crippen molar-refractivity contribution in [2.24, 2.45) is 0 Å². The first kappa shape index (κ1) is 13.4. The van der Waals surface area contributed by atoms with Gasteiger partial charge in [-0.15, -0.1) is 6.58 Å². The predicted molar refractivity (Wildman–Crippen MR) is 80.4 cm³/mol.